The number of rotatable bonds is 1. The van der Waals surface area contributed by atoms with Crippen molar-refractivity contribution in [2.24, 2.45) is 11.7 Å². The molecule has 1 heterocycles. The highest BCUT2D eigenvalue weighted by atomic mass is 16.5. The summed E-state index contributed by atoms with van der Waals surface area (Å²) in [6.45, 7) is 4.35. The molecule has 0 spiro atoms. The molecule has 0 aromatic rings. The molecular formula is C6H11NO. The lowest BCUT2D eigenvalue weighted by molar-refractivity contribution is 0.119. The molecule has 0 aromatic heterocycles. The fourth-order valence-electron chi connectivity index (χ4n) is 0.804. The van der Waals surface area contributed by atoms with Crippen molar-refractivity contribution in [3.05, 3.63) is 6.61 Å². The van der Waals surface area contributed by atoms with Gasteiger partial charge in [-0.15, -0.1) is 0 Å². The van der Waals surface area contributed by atoms with E-state index >= 15 is 0 Å². The van der Waals surface area contributed by atoms with Gasteiger partial charge in [0.2, 0.25) is 0 Å². The van der Waals surface area contributed by atoms with Gasteiger partial charge in [-0.1, -0.05) is 0 Å². The molecule has 2 nitrogen and oxygen atoms in total. The van der Waals surface area contributed by atoms with E-state index in [2.05, 4.69) is 6.61 Å². The second-order valence-electron chi connectivity index (χ2n) is 2.04. The Morgan fingerprint density at radius 2 is 2.62 bits per heavy atom. The Bertz CT molecular complexity index is 59.5. The highest BCUT2D eigenvalue weighted by Gasteiger charge is 2.12. The minimum Gasteiger partial charge on any atom is -0.368 e. The van der Waals surface area contributed by atoms with Gasteiger partial charge in [-0.3, -0.25) is 0 Å². The number of ether oxygens (including phenoxy) is 1. The van der Waals surface area contributed by atoms with Crippen molar-refractivity contribution in [2.45, 2.75) is 12.8 Å². The number of hydrogen-bond acceptors (Lipinski definition) is 2. The summed E-state index contributed by atoms with van der Waals surface area (Å²) in [5.41, 5.74) is 5.36. The molecule has 2 heteroatoms. The predicted molar refractivity (Wildman–Crippen MR) is 31.0 cm³/mol. The molecule has 1 unspecified atom stereocenters. The molecule has 0 amide bonds. The maximum atomic E-state index is 5.36. The minimum atomic E-state index is 0.392. The van der Waals surface area contributed by atoms with Crippen molar-refractivity contribution in [2.75, 3.05) is 13.2 Å². The highest BCUT2D eigenvalue weighted by Crippen LogP contribution is 2.14. The second-order valence-corrected chi connectivity index (χ2v) is 2.04. The van der Waals surface area contributed by atoms with Gasteiger partial charge in [-0.05, 0) is 19.4 Å². The first-order valence-corrected chi connectivity index (χ1v) is 3.01. The van der Waals surface area contributed by atoms with Crippen LogP contribution in [0.1, 0.15) is 12.8 Å². The molecule has 1 saturated heterocycles. The van der Waals surface area contributed by atoms with Gasteiger partial charge in [0.05, 0.1) is 0 Å². The zero-order chi connectivity index (χ0) is 5.82. The van der Waals surface area contributed by atoms with Gasteiger partial charge in [0.15, 0.2) is 0 Å². The SMILES string of the molecule is NCC1[C]OCCC1. The zero-order valence-corrected chi connectivity index (χ0v) is 4.89. The number of hydrogen-bond donors (Lipinski definition) is 1. The van der Waals surface area contributed by atoms with E-state index in [1.54, 1.807) is 0 Å². The van der Waals surface area contributed by atoms with Crippen LogP contribution in [0.4, 0.5) is 0 Å². The van der Waals surface area contributed by atoms with Crippen molar-refractivity contribution >= 4 is 0 Å². The minimum absolute atomic E-state index is 0.392. The summed E-state index contributed by atoms with van der Waals surface area (Å²) in [6, 6.07) is 0. The Balaban J connectivity index is 2.13. The maximum Gasteiger partial charge on any atom is 0.136 e. The predicted octanol–water partition coefficient (Wildman–Crippen LogP) is 0.410. The summed E-state index contributed by atoms with van der Waals surface area (Å²) >= 11 is 0. The summed E-state index contributed by atoms with van der Waals surface area (Å²) in [7, 11) is 0. The van der Waals surface area contributed by atoms with Crippen molar-refractivity contribution in [1.29, 1.82) is 0 Å². The summed E-state index contributed by atoms with van der Waals surface area (Å²) in [4.78, 5) is 0. The molecule has 2 radical (unpaired) electrons. The van der Waals surface area contributed by atoms with Crippen LogP contribution >= 0.6 is 0 Å². The van der Waals surface area contributed by atoms with E-state index in [9.17, 15) is 0 Å². The second kappa shape index (κ2) is 3.05. The molecule has 46 valence electrons. The van der Waals surface area contributed by atoms with E-state index in [-0.39, 0.29) is 0 Å². The first-order valence-electron chi connectivity index (χ1n) is 3.01. The molecule has 1 aliphatic rings. The lowest BCUT2D eigenvalue weighted by Gasteiger charge is -2.17. The maximum absolute atomic E-state index is 5.36. The Morgan fingerprint density at radius 1 is 1.75 bits per heavy atom. The van der Waals surface area contributed by atoms with E-state index in [0.717, 1.165) is 19.4 Å². The summed E-state index contributed by atoms with van der Waals surface area (Å²) in [5.74, 6) is 0.392. The fraction of sp³-hybridized carbons (Fsp3) is 0.833. The number of nitrogens with two attached hydrogens (primary N) is 1. The Kier molecular flexibility index (Phi) is 2.30. The molecule has 1 rings (SSSR count). The van der Waals surface area contributed by atoms with Gasteiger partial charge in [0.25, 0.3) is 0 Å². The third kappa shape index (κ3) is 1.46. The van der Waals surface area contributed by atoms with Crippen molar-refractivity contribution in [3.8, 4) is 0 Å². The largest absolute Gasteiger partial charge is 0.368 e. The quantitative estimate of drug-likeness (QED) is 0.534. The van der Waals surface area contributed by atoms with Gasteiger partial charge in [0.1, 0.15) is 6.61 Å². The molecular weight excluding hydrogens is 102 g/mol. The van der Waals surface area contributed by atoms with Gasteiger partial charge in [0, 0.05) is 12.5 Å². The average molecular weight is 113 g/mol. The van der Waals surface area contributed by atoms with Crippen LogP contribution in [0, 0.1) is 12.5 Å². The van der Waals surface area contributed by atoms with Gasteiger partial charge >= 0.3 is 0 Å². The van der Waals surface area contributed by atoms with Crippen LogP contribution in [0.5, 0.6) is 0 Å². The van der Waals surface area contributed by atoms with Crippen LogP contribution < -0.4 is 5.73 Å². The topological polar surface area (TPSA) is 35.2 Å². The monoisotopic (exact) mass is 113 g/mol. The van der Waals surface area contributed by atoms with Crippen molar-refractivity contribution < 1.29 is 4.74 Å². The van der Waals surface area contributed by atoms with Crippen molar-refractivity contribution in [1.82, 2.24) is 0 Å². The van der Waals surface area contributed by atoms with Crippen LogP contribution in [0.2, 0.25) is 0 Å². The molecule has 0 aromatic carbocycles. The van der Waals surface area contributed by atoms with Crippen LogP contribution in [-0.4, -0.2) is 13.2 Å². The van der Waals surface area contributed by atoms with E-state index in [0.29, 0.717) is 12.5 Å². The molecule has 1 fully saturated rings. The molecule has 1 aliphatic heterocycles. The normalized spacial score (nSPS) is 30.4. The molecule has 0 bridgehead atoms. The van der Waals surface area contributed by atoms with Crippen LogP contribution in [0.25, 0.3) is 0 Å². The van der Waals surface area contributed by atoms with Gasteiger partial charge in [-0.2, -0.15) is 0 Å². The summed E-state index contributed by atoms with van der Waals surface area (Å²) in [5, 5.41) is 0. The van der Waals surface area contributed by atoms with Crippen LogP contribution in [-0.2, 0) is 4.74 Å². The van der Waals surface area contributed by atoms with Crippen LogP contribution in [0.15, 0.2) is 0 Å². The van der Waals surface area contributed by atoms with E-state index in [1.165, 1.54) is 0 Å². The smallest absolute Gasteiger partial charge is 0.136 e. The highest BCUT2D eigenvalue weighted by molar-refractivity contribution is 4.72. The third-order valence-corrected chi connectivity index (χ3v) is 1.33. The Hall–Kier alpha value is -0.0800. The average Bonchev–Trinajstić information content (AvgIpc) is 1.90. The molecule has 1 atom stereocenters. The van der Waals surface area contributed by atoms with Crippen LogP contribution in [0.3, 0.4) is 0 Å². The lowest BCUT2D eigenvalue weighted by Crippen LogP contribution is -2.20. The van der Waals surface area contributed by atoms with Crippen molar-refractivity contribution in [3.63, 3.8) is 0 Å². The summed E-state index contributed by atoms with van der Waals surface area (Å²) in [6.07, 6.45) is 2.28. The fourth-order valence-corrected chi connectivity index (χ4v) is 0.804. The Morgan fingerprint density at radius 3 is 3.00 bits per heavy atom. The lowest BCUT2D eigenvalue weighted by atomic mass is 10.0. The zero-order valence-electron chi connectivity index (χ0n) is 4.89. The van der Waals surface area contributed by atoms with Gasteiger partial charge in [-0.25, -0.2) is 0 Å². The molecule has 0 aliphatic carbocycles. The first-order chi connectivity index (χ1) is 3.93. The van der Waals surface area contributed by atoms with Gasteiger partial charge < -0.3 is 10.5 Å². The molecule has 8 heavy (non-hydrogen) atoms. The molecule has 0 saturated carbocycles. The molecule has 2 N–H and O–H groups in total. The first kappa shape index (κ1) is 6.05. The van der Waals surface area contributed by atoms with E-state index < -0.39 is 0 Å². The standard InChI is InChI=1S/C6H11NO/c7-4-6-2-1-3-8-5-6/h6H,1-4,7H2. The van der Waals surface area contributed by atoms with E-state index in [1.807, 2.05) is 0 Å². The van der Waals surface area contributed by atoms with E-state index in [4.69, 9.17) is 10.5 Å². The summed E-state index contributed by atoms with van der Waals surface area (Å²) < 4.78 is 4.94. The Labute approximate surface area is 50.0 Å². The third-order valence-electron chi connectivity index (χ3n) is 1.33.